The van der Waals surface area contributed by atoms with E-state index in [1.54, 1.807) is 6.08 Å². The maximum Gasteiger partial charge on any atom is 0.249 e. The second-order valence-electron chi connectivity index (χ2n) is 22.7. The highest BCUT2D eigenvalue weighted by atomic mass is 16.7. The van der Waals surface area contributed by atoms with Crippen LogP contribution in [0.4, 0.5) is 0 Å². The first kappa shape index (κ1) is 72.1. The summed E-state index contributed by atoms with van der Waals surface area (Å²) < 4.78 is 11.2. The van der Waals surface area contributed by atoms with Crippen molar-refractivity contribution in [3.8, 4) is 0 Å². The molecule has 76 heavy (non-hydrogen) atoms. The summed E-state index contributed by atoms with van der Waals surface area (Å²) in [4.78, 5) is 13.1. The standard InChI is InChI=1S/C66H123NO9/c1-3-5-7-9-11-13-15-17-19-20-21-22-23-24-25-26-27-28-29-30-31-32-33-34-35-36-37-38-39-41-43-45-47-49-51-53-55-60(70)65(74)67-58(57-75-66-64(73)63(72)62(71)61(56-68)76-66)59(69)54-52-50-48-46-44-42-40-18-16-14-12-10-8-6-4-2/h25-26,28-29,44,46,52,54,58-64,66,68-73H,3-24,27,30-43,45,47-51,53,55-57H2,1-2H3,(H,67,74)/b26-25-,29-28-,46-44+,54-52+. The number of unbranched alkanes of at least 4 members (excludes halogenated alkanes) is 39. The molecule has 10 nitrogen and oxygen atoms in total. The molecule has 0 spiro atoms. The lowest BCUT2D eigenvalue weighted by Crippen LogP contribution is -2.60. The van der Waals surface area contributed by atoms with Crippen LogP contribution in [0, 0.1) is 0 Å². The highest BCUT2D eigenvalue weighted by Gasteiger charge is 2.44. The molecule has 0 aromatic rings. The molecule has 8 atom stereocenters. The molecule has 8 unspecified atom stereocenters. The molecule has 1 fully saturated rings. The van der Waals surface area contributed by atoms with E-state index in [0.717, 1.165) is 38.5 Å². The lowest BCUT2D eigenvalue weighted by Gasteiger charge is -2.40. The van der Waals surface area contributed by atoms with Crippen molar-refractivity contribution in [3.05, 3.63) is 48.6 Å². The summed E-state index contributed by atoms with van der Waals surface area (Å²) in [6.45, 7) is 3.62. The monoisotopic (exact) mass is 1070 g/mol. The average Bonchev–Trinajstić information content (AvgIpc) is 3.42. The van der Waals surface area contributed by atoms with Crippen LogP contribution in [-0.2, 0) is 14.3 Å². The van der Waals surface area contributed by atoms with Crippen LogP contribution in [0.3, 0.4) is 0 Å². The minimum absolute atomic E-state index is 0.304. The van der Waals surface area contributed by atoms with E-state index in [2.05, 4.69) is 55.6 Å². The van der Waals surface area contributed by atoms with Gasteiger partial charge >= 0.3 is 0 Å². The van der Waals surface area contributed by atoms with Crippen molar-refractivity contribution in [3.63, 3.8) is 0 Å². The lowest BCUT2D eigenvalue weighted by molar-refractivity contribution is -0.302. The van der Waals surface area contributed by atoms with Gasteiger partial charge in [0.25, 0.3) is 0 Å². The first-order valence-corrected chi connectivity index (χ1v) is 32.5. The van der Waals surface area contributed by atoms with Gasteiger partial charge in [-0.3, -0.25) is 4.79 Å². The van der Waals surface area contributed by atoms with E-state index < -0.39 is 61.5 Å². The van der Waals surface area contributed by atoms with Gasteiger partial charge in [0.15, 0.2) is 6.29 Å². The Morgan fingerprint density at radius 3 is 1.22 bits per heavy atom. The third-order valence-corrected chi connectivity index (χ3v) is 15.5. The van der Waals surface area contributed by atoms with Crippen molar-refractivity contribution >= 4 is 5.91 Å². The van der Waals surface area contributed by atoms with Crippen molar-refractivity contribution in [2.45, 2.75) is 352 Å². The van der Waals surface area contributed by atoms with Crippen LogP contribution in [0.5, 0.6) is 0 Å². The lowest BCUT2D eigenvalue weighted by atomic mass is 9.99. The number of carbonyl (C=O) groups is 1. The maximum absolute atomic E-state index is 13.1. The molecule has 1 saturated heterocycles. The molecule has 1 heterocycles. The van der Waals surface area contributed by atoms with Gasteiger partial charge in [-0.25, -0.2) is 0 Å². The second kappa shape index (κ2) is 55.0. The van der Waals surface area contributed by atoms with Crippen LogP contribution in [0.2, 0.25) is 0 Å². The van der Waals surface area contributed by atoms with Gasteiger partial charge in [0.2, 0.25) is 5.91 Å². The third kappa shape index (κ3) is 43.0. The molecule has 1 amide bonds. The summed E-state index contributed by atoms with van der Waals surface area (Å²) in [6.07, 6.45) is 63.9. The van der Waals surface area contributed by atoms with Crippen molar-refractivity contribution < 1.29 is 44.9 Å². The van der Waals surface area contributed by atoms with Crippen molar-refractivity contribution in [2.24, 2.45) is 0 Å². The smallest absolute Gasteiger partial charge is 0.249 e. The number of rotatable bonds is 56. The molecule has 0 aromatic carbocycles. The number of allylic oxidation sites excluding steroid dienone is 7. The zero-order valence-corrected chi connectivity index (χ0v) is 49.4. The Balaban J connectivity index is 2.13. The Labute approximate surface area is 467 Å². The van der Waals surface area contributed by atoms with Crippen LogP contribution in [0.15, 0.2) is 48.6 Å². The van der Waals surface area contributed by atoms with Crippen molar-refractivity contribution in [1.29, 1.82) is 0 Å². The predicted octanol–water partition coefficient (Wildman–Crippen LogP) is 15.8. The number of aliphatic hydroxyl groups is 6. The van der Waals surface area contributed by atoms with Gasteiger partial charge in [-0.2, -0.15) is 0 Å². The Kier molecular flexibility index (Phi) is 52.2. The highest BCUT2D eigenvalue weighted by Crippen LogP contribution is 2.23. The molecule has 446 valence electrons. The quantitative estimate of drug-likeness (QED) is 0.0232. The number of hydrogen-bond donors (Lipinski definition) is 7. The van der Waals surface area contributed by atoms with Crippen molar-refractivity contribution in [1.82, 2.24) is 5.32 Å². The summed E-state index contributed by atoms with van der Waals surface area (Å²) >= 11 is 0. The molecule has 0 aliphatic carbocycles. The molecule has 0 saturated carbocycles. The third-order valence-electron chi connectivity index (χ3n) is 15.5. The minimum atomic E-state index is -1.62. The van der Waals surface area contributed by atoms with E-state index in [1.165, 1.54) is 231 Å². The summed E-state index contributed by atoms with van der Waals surface area (Å²) in [6, 6.07) is -0.998. The Morgan fingerprint density at radius 1 is 0.461 bits per heavy atom. The molecule has 10 heteroatoms. The van der Waals surface area contributed by atoms with Crippen LogP contribution in [0.25, 0.3) is 0 Å². The molecule has 0 radical (unpaired) electrons. The second-order valence-corrected chi connectivity index (χ2v) is 22.7. The minimum Gasteiger partial charge on any atom is -0.394 e. The summed E-state index contributed by atoms with van der Waals surface area (Å²) in [5, 5.41) is 65.1. The van der Waals surface area contributed by atoms with E-state index in [0.29, 0.717) is 19.3 Å². The highest BCUT2D eigenvalue weighted by molar-refractivity contribution is 5.80. The van der Waals surface area contributed by atoms with Gasteiger partial charge in [0, 0.05) is 0 Å². The number of nitrogens with one attached hydrogen (secondary N) is 1. The van der Waals surface area contributed by atoms with Gasteiger partial charge in [0.05, 0.1) is 25.4 Å². The molecular formula is C66H123NO9. The SMILES string of the molecule is CCCCCCCCCCC/C=C/CC/C=C/C(O)C(COC1OC(CO)C(O)C(O)C1O)NC(=O)C(O)CCCCCCCCCCCCCCCCCC/C=C\C/C=C\CCCCCCCCCCCCCCC. The van der Waals surface area contributed by atoms with E-state index in [9.17, 15) is 35.4 Å². The molecule has 7 N–H and O–H groups in total. The fraction of sp³-hybridized carbons (Fsp3) is 0.864. The molecule has 0 bridgehead atoms. The summed E-state index contributed by atoms with van der Waals surface area (Å²) in [5.41, 5.74) is 0. The number of aliphatic hydroxyl groups excluding tert-OH is 6. The van der Waals surface area contributed by atoms with Crippen LogP contribution < -0.4 is 5.32 Å². The van der Waals surface area contributed by atoms with E-state index in [1.807, 2.05) is 6.08 Å². The van der Waals surface area contributed by atoms with Gasteiger partial charge < -0.3 is 45.4 Å². The molecule has 1 aliphatic heterocycles. The predicted molar refractivity (Wildman–Crippen MR) is 319 cm³/mol. The number of hydrogen-bond acceptors (Lipinski definition) is 9. The molecule has 0 aromatic heterocycles. The topological polar surface area (TPSA) is 169 Å². The molecular weight excluding hydrogens is 951 g/mol. The zero-order chi connectivity index (χ0) is 55.2. The van der Waals surface area contributed by atoms with Crippen molar-refractivity contribution in [2.75, 3.05) is 13.2 Å². The maximum atomic E-state index is 13.1. The normalized spacial score (nSPS) is 19.5. The molecule has 1 rings (SSSR count). The van der Waals surface area contributed by atoms with Crippen LogP contribution >= 0.6 is 0 Å². The first-order valence-electron chi connectivity index (χ1n) is 32.5. The zero-order valence-electron chi connectivity index (χ0n) is 49.4. The first-order chi connectivity index (χ1) is 37.3. The fourth-order valence-electron chi connectivity index (χ4n) is 10.3. The Bertz CT molecular complexity index is 1350. The van der Waals surface area contributed by atoms with Gasteiger partial charge in [-0.05, 0) is 64.2 Å². The van der Waals surface area contributed by atoms with Gasteiger partial charge in [-0.15, -0.1) is 0 Å². The van der Waals surface area contributed by atoms with Crippen LogP contribution in [0.1, 0.15) is 303 Å². The largest absolute Gasteiger partial charge is 0.394 e. The number of ether oxygens (including phenoxy) is 2. The van der Waals surface area contributed by atoms with Crippen LogP contribution in [-0.4, -0.2) is 98.7 Å². The average molecular weight is 1070 g/mol. The number of amides is 1. The van der Waals surface area contributed by atoms with Gasteiger partial charge in [-0.1, -0.05) is 287 Å². The van der Waals surface area contributed by atoms with E-state index >= 15 is 0 Å². The number of carbonyl (C=O) groups excluding carboxylic acids is 1. The Hall–Kier alpha value is -1.89. The van der Waals surface area contributed by atoms with Gasteiger partial charge in [0.1, 0.15) is 30.5 Å². The summed E-state index contributed by atoms with van der Waals surface area (Å²) in [7, 11) is 0. The van der Waals surface area contributed by atoms with E-state index in [4.69, 9.17) is 9.47 Å². The Morgan fingerprint density at radius 2 is 0.816 bits per heavy atom. The summed E-state index contributed by atoms with van der Waals surface area (Å²) in [5.74, 6) is -0.624. The molecule has 1 aliphatic rings. The van der Waals surface area contributed by atoms with E-state index in [-0.39, 0.29) is 6.61 Å². The fourth-order valence-corrected chi connectivity index (χ4v) is 10.3.